The lowest BCUT2D eigenvalue weighted by Crippen LogP contribution is -2.28. The molecule has 0 spiro atoms. The van der Waals surface area contributed by atoms with Crippen LogP contribution in [0.15, 0.2) is 24.7 Å². The third kappa shape index (κ3) is 3.91. The maximum atomic E-state index is 14.1. The van der Waals surface area contributed by atoms with Gasteiger partial charge in [0, 0.05) is 38.5 Å². The van der Waals surface area contributed by atoms with Crippen molar-refractivity contribution in [1.82, 2.24) is 24.5 Å². The number of likely N-dealkylation sites (tertiary alicyclic amines) is 1. The Labute approximate surface area is 159 Å². The van der Waals surface area contributed by atoms with Gasteiger partial charge in [0.2, 0.25) is 11.9 Å². The number of fused-ring (bicyclic) bond motifs is 1. The largest absolute Gasteiger partial charge is 0.486 e. The predicted molar refractivity (Wildman–Crippen MR) is 98.3 cm³/mol. The number of aromatic nitrogens is 4. The standard InChI is InChI=1S/C17H19FN6O2S/c1-10-5-12(26-13-6-19-15-3-4-20-24(15)8-13)7-23(10)9-14-16(18)22-17(27-14)21-11(2)25/h3-4,6,8,10,12H,5,7,9H2,1-2H3,(H,21,22,25). The Morgan fingerprint density at radius 2 is 2.37 bits per heavy atom. The number of ether oxygens (including phenoxy) is 1. The van der Waals surface area contributed by atoms with E-state index in [1.165, 1.54) is 6.92 Å². The summed E-state index contributed by atoms with van der Waals surface area (Å²) >= 11 is 1.16. The molecule has 0 saturated carbocycles. The van der Waals surface area contributed by atoms with E-state index in [4.69, 9.17) is 4.74 Å². The van der Waals surface area contributed by atoms with Gasteiger partial charge in [-0.25, -0.2) is 9.50 Å². The fourth-order valence-corrected chi connectivity index (χ4v) is 4.13. The minimum Gasteiger partial charge on any atom is -0.486 e. The Balaban J connectivity index is 1.40. The van der Waals surface area contributed by atoms with Gasteiger partial charge in [-0.3, -0.25) is 9.69 Å². The SMILES string of the molecule is CC(=O)Nc1nc(F)c(CN2CC(Oc3cnc4ccnn4c3)CC2C)s1. The van der Waals surface area contributed by atoms with Crippen molar-refractivity contribution in [2.24, 2.45) is 0 Å². The van der Waals surface area contributed by atoms with Crippen molar-refractivity contribution in [3.05, 3.63) is 35.5 Å². The number of halogens is 1. The third-order valence-electron chi connectivity index (χ3n) is 4.47. The summed E-state index contributed by atoms with van der Waals surface area (Å²) in [4.78, 5) is 21.8. The van der Waals surface area contributed by atoms with E-state index in [0.717, 1.165) is 23.4 Å². The molecule has 8 nitrogen and oxygen atoms in total. The number of hydrogen-bond donors (Lipinski definition) is 1. The highest BCUT2D eigenvalue weighted by Gasteiger charge is 2.31. The molecule has 3 aromatic heterocycles. The highest BCUT2D eigenvalue weighted by Crippen LogP contribution is 2.28. The van der Waals surface area contributed by atoms with E-state index in [-0.39, 0.29) is 23.2 Å². The smallest absolute Gasteiger partial charge is 0.230 e. The van der Waals surface area contributed by atoms with Crippen molar-refractivity contribution < 1.29 is 13.9 Å². The molecule has 0 aromatic carbocycles. The van der Waals surface area contributed by atoms with E-state index in [1.807, 2.05) is 6.07 Å². The first-order valence-electron chi connectivity index (χ1n) is 8.61. The van der Waals surface area contributed by atoms with Crippen molar-refractivity contribution in [3.8, 4) is 5.75 Å². The Morgan fingerprint density at radius 3 is 3.19 bits per heavy atom. The van der Waals surface area contributed by atoms with Gasteiger partial charge in [-0.2, -0.15) is 14.5 Å². The number of carbonyl (C=O) groups is 1. The number of anilines is 1. The lowest BCUT2D eigenvalue weighted by molar-refractivity contribution is -0.114. The van der Waals surface area contributed by atoms with Gasteiger partial charge in [0.25, 0.3) is 0 Å². The van der Waals surface area contributed by atoms with Crippen molar-refractivity contribution in [3.63, 3.8) is 0 Å². The van der Waals surface area contributed by atoms with Gasteiger partial charge >= 0.3 is 0 Å². The summed E-state index contributed by atoms with van der Waals surface area (Å²) < 4.78 is 21.8. The van der Waals surface area contributed by atoms with Gasteiger partial charge in [0.05, 0.1) is 23.5 Å². The maximum absolute atomic E-state index is 14.1. The van der Waals surface area contributed by atoms with Gasteiger partial charge < -0.3 is 10.1 Å². The van der Waals surface area contributed by atoms with Crippen LogP contribution in [0.2, 0.25) is 0 Å². The number of hydrogen-bond acceptors (Lipinski definition) is 7. The summed E-state index contributed by atoms with van der Waals surface area (Å²) in [5, 5.41) is 6.97. The Hall–Kier alpha value is -2.59. The summed E-state index contributed by atoms with van der Waals surface area (Å²) in [6, 6.07) is 2.06. The molecule has 2 unspecified atom stereocenters. The number of amides is 1. The van der Waals surface area contributed by atoms with Crippen LogP contribution >= 0.6 is 11.3 Å². The second-order valence-corrected chi connectivity index (χ2v) is 7.68. The number of rotatable bonds is 5. The van der Waals surface area contributed by atoms with Crippen molar-refractivity contribution in [2.75, 3.05) is 11.9 Å². The van der Waals surface area contributed by atoms with Crippen LogP contribution in [0.3, 0.4) is 0 Å². The minimum absolute atomic E-state index is 0.0133. The number of thiazole rings is 1. The van der Waals surface area contributed by atoms with Gasteiger partial charge in [0.1, 0.15) is 6.10 Å². The lowest BCUT2D eigenvalue weighted by Gasteiger charge is -2.19. The summed E-state index contributed by atoms with van der Waals surface area (Å²) in [7, 11) is 0. The molecule has 4 rings (SSSR count). The first kappa shape index (κ1) is 17.8. The van der Waals surface area contributed by atoms with Gasteiger partial charge in [-0.15, -0.1) is 0 Å². The fourth-order valence-electron chi connectivity index (χ4n) is 3.22. The molecule has 1 aliphatic heterocycles. The fraction of sp³-hybridized carbons (Fsp3) is 0.412. The molecule has 10 heteroatoms. The number of carbonyl (C=O) groups excluding carboxylic acids is 1. The zero-order valence-corrected chi connectivity index (χ0v) is 15.7. The lowest BCUT2D eigenvalue weighted by atomic mass is 10.2. The normalized spacial score (nSPS) is 20.3. The monoisotopic (exact) mass is 390 g/mol. The molecule has 142 valence electrons. The molecule has 2 atom stereocenters. The van der Waals surface area contributed by atoms with Crippen LogP contribution in [0.5, 0.6) is 5.75 Å². The minimum atomic E-state index is -0.534. The maximum Gasteiger partial charge on any atom is 0.230 e. The first-order chi connectivity index (χ1) is 13.0. The van der Waals surface area contributed by atoms with Crippen LogP contribution in [-0.4, -0.2) is 49.1 Å². The van der Waals surface area contributed by atoms with Gasteiger partial charge in [0.15, 0.2) is 16.5 Å². The molecule has 1 amide bonds. The van der Waals surface area contributed by atoms with Crippen molar-refractivity contribution >= 4 is 28.0 Å². The predicted octanol–water partition coefficient (Wildman–Crippen LogP) is 2.33. The van der Waals surface area contributed by atoms with Crippen LogP contribution < -0.4 is 10.1 Å². The van der Waals surface area contributed by atoms with E-state index in [9.17, 15) is 9.18 Å². The van der Waals surface area contributed by atoms with Gasteiger partial charge in [-0.05, 0) is 6.92 Å². The van der Waals surface area contributed by atoms with E-state index in [2.05, 4.69) is 32.2 Å². The van der Waals surface area contributed by atoms with Crippen LogP contribution in [0.1, 0.15) is 25.1 Å². The average Bonchev–Trinajstić information content (AvgIpc) is 3.28. The zero-order valence-electron chi connectivity index (χ0n) is 14.9. The molecule has 4 heterocycles. The van der Waals surface area contributed by atoms with E-state index >= 15 is 0 Å². The van der Waals surface area contributed by atoms with Crippen molar-refractivity contribution in [2.45, 2.75) is 39.0 Å². The van der Waals surface area contributed by atoms with Crippen LogP contribution in [-0.2, 0) is 11.3 Å². The Kier molecular flexibility index (Phi) is 4.75. The molecular weight excluding hydrogens is 371 g/mol. The second kappa shape index (κ2) is 7.20. The number of nitrogens with one attached hydrogen (secondary N) is 1. The Morgan fingerprint density at radius 1 is 1.52 bits per heavy atom. The second-order valence-electron chi connectivity index (χ2n) is 6.59. The topological polar surface area (TPSA) is 84.7 Å². The summed E-state index contributed by atoms with van der Waals surface area (Å²) in [6.45, 7) is 4.57. The summed E-state index contributed by atoms with van der Waals surface area (Å²) in [5.74, 6) is -0.142. The molecule has 1 aliphatic rings. The number of nitrogens with zero attached hydrogens (tertiary/aromatic N) is 5. The quantitative estimate of drug-likeness (QED) is 0.720. The van der Waals surface area contributed by atoms with Crippen LogP contribution in [0.4, 0.5) is 9.52 Å². The van der Waals surface area contributed by atoms with Crippen LogP contribution in [0.25, 0.3) is 5.65 Å². The molecule has 1 saturated heterocycles. The van der Waals surface area contributed by atoms with E-state index in [1.54, 1.807) is 23.1 Å². The molecule has 1 fully saturated rings. The van der Waals surface area contributed by atoms with Gasteiger partial charge in [-0.1, -0.05) is 11.3 Å². The first-order valence-corrected chi connectivity index (χ1v) is 9.42. The summed E-state index contributed by atoms with van der Waals surface area (Å²) in [6.07, 6.45) is 5.99. The molecule has 0 radical (unpaired) electrons. The molecule has 3 aromatic rings. The van der Waals surface area contributed by atoms with E-state index < -0.39 is 5.95 Å². The molecule has 0 bridgehead atoms. The highest BCUT2D eigenvalue weighted by atomic mass is 32.1. The molecule has 0 aliphatic carbocycles. The molecule has 27 heavy (non-hydrogen) atoms. The van der Waals surface area contributed by atoms with E-state index in [0.29, 0.717) is 23.7 Å². The highest BCUT2D eigenvalue weighted by molar-refractivity contribution is 7.15. The zero-order chi connectivity index (χ0) is 19.0. The Bertz CT molecular complexity index is 973. The average molecular weight is 390 g/mol. The molecular formula is C17H19FN6O2S. The summed E-state index contributed by atoms with van der Waals surface area (Å²) in [5.41, 5.74) is 0.763. The van der Waals surface area contributed by atoms with Crippen molar-refractivity contribution in [1.29, 1.82) is 0 Å². The third-order valence-corrected chi connectivity index (χ3v) is 5.40. The van der Waals surface area contributed by atoms with Crippen LogP contribution in [0, 0.1) is 5.95 Å². The molecule has 1 N–H and O–H groups in total.